The van der Waals surface area contributed by atoms with Crippen LogP contribution in [0.1, 0.15) is 21.0 Å². The molecule has 0 radical (unpaired) electrons. The summed E-state index contributed by atoms with van der Waals surface area (Å²) in [7, 11) is 1.53. The highest BCUT2D eigenvalue weighted by Gasteiger charge is 2.15. The molecule has 7 heteroatoms. The number of aromatic nitrogens is 2. The zero-order valence-corrected chi connectivity index (χ0v) is 10.5. The summed E-state index contributed by atoms with van der Waals surface area (Å²) >= 11 is 0. The van der Waals surface area contributed by atoms with Crippen LogP contribution in [0.4, 0.5) is 5.69 Å². The van der Waals surface area contributed by atoms with E-state index in [-0.39, 0.29) is 5.69 Å². The van der Waals surface area contributed by atoms with Crippen molar-refractivity contribution in [2.24, 2.45) is 0 Å². The normalized spacial score (nSPS) is 9.85. The zero-order valence-electron chi connectivity index (χ0n) is 10.5. The van der Waals surface area contributed by atoms with Crippen molar-refractivity contribution < 1.29 is 19.4 Å². The van der Waals surface area contributed by atoms with Gasteiger partial charge in [0.1, 0.15) is 11.4 Å². The number of anilines is 1. The van der Waals surface area contributed by atoms with E-state index in [2.05, 4.69) is 15.3 Å². The first-order valence-electron chi connectivity index (χ1n) is 5.59. The second-order valence-corrected chi connectivity index (χ2v) is 3.72. The Hall–Kier alpha value is -2.96. The van der Waals surface area contributed by atoms with Crippen molar-refractivity contribution in [3.05, 3.63) is 48.0 Å². The monoisotopic (exact) mass is 272 g/mol. The predicted octanol–water partition coefficient (Wildman–Crippen LogP) is 0.101. The molecule has 1 aromatic carbocycles. The summed E-state index contributed by atoms with van der Waals surface area (Å²) in [6.07, 6.45) is 2.41. The van der Waals surface area contributed by atoms with Gasteiger partial charge in [-0.2, -0.15) is 0 Å². The van der Waals surface area contributed by atoms with Gasteiger partial charge in [0.05, 0.1) is 13.1 Å². The van der Waals surface area contributed by atoms with Crippen molar-refractivity contribution in [1.29, 1.82) is 0 Å². The van der Waals surface area contributed by atoms with Gasteiger partial charge in [-0.05, 0) is 24.3 Å². The van der Waals surface area contributed by atoms with Gasteiger partial charge < -0.3 is 20.0 Å². The quantitative estimate of drug-likeness (QED) is 0.846. The van der Waals surface area contributed by atoms with E-state index in [4.69, 9.17) is 4.74 Å². The first-order chi connectivity index (χ1) is 9.61. The van der Waals surface area contributed by atoms with Crippen molar-refractivity contribution in [3.8, 4) is 5.75 Å². The molecule has 102 valence electrons. The van der Waals surface area contributed by atoms with Crippen LogP contribution in [0.5, 0.6) is 5.75 Å². The minimum absolute atomic E-state index is 0.302. The second-order valence-electron chi connectivity index (χ2n) is 3.72. The number of carbonyl (C=O) groups excluding carboxylic acids is 2. The standard InChI is InChI=1S/C13H11N3O4/c1-20-9-4-2-8(3-5-9)16-12(17)10-11(13(18)19)15-7-6-14-10/h2-7H,1H3,(H,16,17)(H,18,19)/p-1. The molecular formula is C13H10N3O4-. The van der Waals surface area contributed by atoms with Crippen molar-refractivity contribution in [3.63, 3.8) is 0 Å². The molecule has 0 saturated heterocycles. The maximum atomic E-state index is 12.0. The maximum absolute atomic E-state index is 12.0. The molecule has 0 unspecified atom stereocenters. The smallest absolute Gasteiger partial charge is 0.276 e. The van der Waals surface area contributed by atoms with E-state index in [1.165, 1.54) is 19.5 Å². The fourth-order valence-electron chi connectivity index (χ4n) is 1.52. The first kappa shape index (κ1) is 13.5. The average molecular weight is 272 g/mol. The summed E-state index contributed by atoms with van der Waals surface area (Å²) in [6.45, 7) is 0. The van der Waals surface area contributed by atoms with E-state index in [1.807, 2.05) is 0 Å². The van der Waals surface area contributed by atoms with Gasteiger partial charge in [-0.3, -0.25) is 9.78 Å². The number of rotatable bonds is 4. The molecule has 0 aliphatic heterocycles. The lowest BCUT2D eigenvalue weighted by Crippen LogP contribution is -2.28. The molecule has 7 nitrogen and oxygen atoms in total. The van der Waals surface area contributed by atoms with Crippen LogP contribution < -0.4 is 15.2 Å². The van der Waals surface area contributed by atoms with Gasteiger partial charge in [0.15, 0.2) is 5.69 Å². The second kappa shape index (κ2) is 5.79. The molecule has 20 heavy (non-hydrogen) atoms. The Morgan fingerprint density at radius 1 is 1.10 bits per heavy atom. The van der Waals surface area contributed by atoms with E-state index in [0.717, 1.165) is 0 Å². The Bertz CT molecular complexity index is 640. The fraction of sp³-hybridized carbons (Fsp3) is 0.0769. The van der Waals surface area contributed by atoms with Crippen LogP contribution in [0, 0.1) is 0 Å². The molecular weight excluding hydrogens is 262 g/mol. The van der Waals surface area contributed by atoms with E-state index in [9.17, 15) is 14.7 Å². The SMILES string of the molecule is COc1ccc(NC(=O)c2nccnc2C(=O)[O-])cc1. The number of nitrogens with one attached hydrogen (secondary N) is 1. The van der Waals surface area contributed by atoms with Gasteiger partial charge in [0, 0.05) is 18.1 Å². The third-order valence-electron chi connectivity index (χ3n) is 2.45. The lowest BCUT2D eigenvalue weighted by Gasteiger charge is -2.09. The molecule has 2 rings (SSSR count). The molecule has 1 heterocycles. The minimum Gasteiger partial charge on any atom is -0.543 e. The number of nitrogens with zero attached hydrogens (tertiary/aromatic N) is 2. The Kier molecular flexibility index (Phi) is 3.90. The largest absolute Gasteiger partial charge is 0.543 e. The van der Waals surface area contributed by atoms with Crippen molar-refractivity contribution in [2.75, 3.05) is 12.4 Å². The fourth-order valence-corrected chi connectivity index (χ4v) is 1.52. The number of benzene rings is 1. The number of methoxy groups -OCH3 is 1. The van der Waals surface area contributed by atoms with E-state index < -0.39 is 17.6 Å². The topological polar surface area (TPSA) is 104 Å². The Labute approximate surface area is 114 Å². The van der Waals surface area contributed by atoms with Gasteiger partial charge in [0.2, 0.25) is 0 Å². The summed E-state index contributed by atoms with van der Waals surface area (Å²) in [5.74, 6) is -1.60. The number of hydrogen-bond acceptors (Lipinski definition) is 6. The lowest BCUT2D eigenvalue weighted by atomic mass is 10.2. The van der Waals surface area contributed by atoms with Crippen LogP contribution in [0.15, 0.2) is 36.7 Å². The van der Waals surface area contributed by atoms with Crippen LogP contribution in [-0.2, 0) is 0 Å². The van der Waals surface area contributed by atoms with Crippen molar-refractivity contribution in [1.82, 2.24) is 9.97 Å². The molecule has 0 spiro atoms. The molecule has 0 aliphatic rings. The lowest BCUT2D eigenvalue weighted by molar-refractivity contribution is -0.255. The first-order valence-corrected chi connectivity index (χ1v) is 5.59. The number of carbonyl (C=O) groups is 2. The van der Waals surface area contributed by atoms with Gasteiger partial charge >= 0.3 is 0 Å². The van der Waals surface area contributed by atoms with Crippen LogP contribution >= 0.6 is 0 Å². The van der Waals surface area contributed by atoms with Crippen molar-refractivity contribution >= 4 is 17.6 Å². The van der Waals surface area contributed by atoms with Gasteiger partial charge in [0.25, 0.3) is 5.91 Å². The van der Waals surface area contributed by atoms with Crippen LogP contribution in [0.25, 0.3) is 0 Å². The predicted molar refractivity (Wildman–Crippen MR) is 67.3 cm³/mol. The summed E-state index contributed by atoms with van der Waals surface area (Å²) in [5.41, 5.74) is -0.326. The molecule has 1 aromatic heterocycles. The third kappa shape index (κ3) is 2.89. The number of amides is 1. The maximum Gasteiger partial charge on any atom is 0.276 e. The average Bonchev–Trinajstić information content (AvgIpc) is 2.48. The molecule has 0 atom stereocenters. The molecule has 0 bridgehead atoms. The number of carboxylic acid groups (broad SMARTS) is 1. The highest BCUT2D eigenvalue weighted by Crippen LogP contribution is 2.15. The minimum atomic E-state index is -1.56. The number of carboxylic acids is 1. The highest BCUT2D eigenvalue weighted by molar-refractivity contribution is 6.08. The summed E-state index contributed by atoms with van der Waals surface area (Å²) in [4.78, 5) is 30.1. The Morgan fingerprint density at radius 2 is 1.70 bits per heavy atom. The van der Waals surface area contributed by atoms with E-state index in [0.29, 0.717) is 11.4 Å². The van der Waals surface area contributed by atoms with Crippen LogP contribution in [0.2, 0.25) is 0 Å². The number of ether oxygens (including phenoxy) is 1. The molecule has 0 fully saturated rings. The van der Waals surface area contributed by atoms with Crippen LogP contribution in [0.3, 0.4) is 0 Å². The molecule has 2 aromatic rings. The molecule has 0 saturated carbocycles. The van der Waals surface area contributed by atoms with Crippen molar-refractivity contribution in [2.45, 2.75) is 0 Å². The Balaban J connectivity index is 2.21. The molecule has 1 N–H and O–H groups in total. The van der Waals surface area contributed by atoms with E-state index >= 15 is 0 Å². The summed E-state index contributed by atoms with van der Waals surface area (Å²) in [6, 6.07) is 6.55. The number of aromatic carboxylic acids is 1. The van der Waals surface area contributed by atoms with Gasteiger partial charge in [-0.25, -0.2) is 4.98 Å². The highest BCUT2D eigenvalue weighted by atomic mass is 16.5. The molecule has 0 aliphatic carbocycles. The summed E-state index contributed by atoms with van der Waals surface area (Å²) in [5, 5.41) is 13.4. The summed E-state index contributed by atoms with van der Waals surface area (Å²) < 4.78 is 4.99. The van der Waals surface area contributed by atoms with Gasteiger partial charge in [-0.15, -0.1) is 0 Å². The van der Waals surface area contributed by atoms with Crippen LogP contribution in [-0.4, -0.2) is 29.0 Å². The number of hydrogen-bond donors (Lipinski definition) is 1. The molecule has 1 amide bonds. The van der Waals surface area contributed by atoms with E-state index in [1.54, 1.807) is 24.3 Å². The Morgan fingerprint density at radius 3 is 2.25 bits per heavy atom. The zero-order chi connectivity index (χ0) is 14.5. The third-order valence-corrected chi connectivity index (χ3v) is 2.45. The van der Waals surface area contributed by atoms with Gasteiger partial charge in [-0.1, -0.05) is 0 Å².